The molecule has 3 nitrogen and oxygen atoms in total. The highest BCUT2D eigenvalue weighted by molar-refractivity contribution is 5.94. The first-order valence-corrected chi connectivity index (χ1v) is 7.19. The van der Waals surface area contributed by atoms with Crippen LogP contribution >= 0.6 is 0 Å². The minimum absolute atomic E-state index is 0.182. The molecule has 19 heavy (non-hydrogen) atoms. The molecule has 104 valence electrons. The average molecular weight is 260 g/mol. The van der Waals surface area contributed by atoms with Gasteiger partial charge < -0.3 is 9.80 Å². The summed E-state index contributed by atoms with van der Waals surface area (Å²) in [5, 5.41) is 0. The monoisotopic (exact) mass is 260 g/mol. The molecule has 1 atom stereocenters. The first kappa shape index (κ1) is 14.1. The molecule has 1 heterocycles. The first-order chi connectivity index (χ1) is 9.13. The van der Waals surface area contributed by atoms with E-state index in [1.54, 1.807) is 0 Å². The molecule has 0 bridgehead atoms. The minimum Gasteiger partial charge on any atom is -0.339 e. The Bertz CT molecular complexity index is 419. The van der Waals surface area contributed by atoms with Crippen molar-refractivity contribution >= 4 is 5.91 Å². The molecule has 1 aliphatic heterocycles. The number of benzene rings is 1. The third kappa shape index (κ3) is 3.16. The van der Waals surface area contributed by atoms with Gasteiger partial charge in [-0.1, -0.05) is 19.1 Å². The molecular formula is C16H24N2O. The summed E-state index contributed by atoms with van der Waals surface area (Å²) in [7, 11) is 4.19. The molecule has 1 aromatic carbocycles. The van der Waals surface area contributed by atoms with Crippen LogP contribution in [0, 0.1) is 0 Å². The van der Waals surface area contributed by atoms with Crippen LogP contribution in [0.4, 0.5) is 0 Å². The Hall–Kier alpha value is -1.35. The Morgan fingerprint density at radius 1 is 1.21 bits per heavy atom. The zero-order valence-corrected chi connectivity index (χ0v) is 12.2. The van der Waals surface area contributed by atoms with Crippen molar-refractivity contribution in [3.05, 3.63) is 35.4 Å². The van der Waals surface area contributed by atoms with E-state index in [0.29, 0.717) is 6.04 Å². The highest BCUT2D eigenvalue weighted by Gasteiger charge is 2.19. The average Bonchev–Trinajstić information content (AvgIpc) is 2.93. The molecule has 1 aliphatic rings. The molecule has 0 saturated carbocycles. The summed E-state index contributed by atoms with van der Waals surface area (Å²) < 4.78 is 0. The lowest BCUT2D eigenvalue weighted by molar-refractivity contribution is 0.0793. The number of hydrogen-bond acceptors (Lipinski definition) is 2. The highest BCUT2D eigenvalue weighted by Crippen LogP contribution is 2.22. The second-order valence-electron chi connectivity index (χ2n) is 5.51. The number of nitrogens with zero attached hydrogens (tertiary/aromatic N) is 2. The van der Waals surface area contributed by atoms with Crippen molar-refractivity contribution in [1.29, 1.82) is 0 Å². The normalized spacial score (nSPS) is 16.9. The molecule has 1 unspecified atom stereocenters. The maximum Gasteiger partial charge on any atom is 0.253 e. The third-order valence-electron chi connectivity index (χ3n) is 3.95. The molecule has 1 aromatic rings. The number of likely N-dealkylation sites (tertiary alicyclic amines) is 1. The Balaban J connectivity index is 2.11. The lowest BCUT2D eigenvalue weighted by atomic mass is 10.0. The van der Waals surface area contributed by atoms with Crippen molar-refractivity contribution in [3.63, 3.8) is 0 Å². The van der Waals surface area contributed by atoms with Crippen LogP contribution in [0.5, 0.6) is 0 Å². The zero-order valence-electron chi connectivity index (χ0n) is 12.2. The zero-order chi connectivity index (χ0) is 13.8. The molecule has 0 aliphatic carbocycles. The van der Waals surface area contributed by atoms with E-state index in [1.807, 2.05) is 17.0 Å². The summed E-state index contributed by atoms with van der Waals surface area (Å²) >= 11 is 0. The van der Waals surface area contributed by atoms with Gasteiger partial charge in [0, 0.05) is 24.7 Å². The summed E-state index contributed by atoms with van der Waals surface area (Å²) in [6.07, 6.45) is 3.36. The minimum atomic E-state index is 0.182. The Morgan fingerprint density at radius 2 is 1.79 bits per heavy atom. The maximum absolute atomic E-state index is 12.2. The van der Waals surface area contributed by atoms with Gasteiger partial charge in [-0.15, -0.1) is 0 Å². The second-order valence-corrected chi connectivity index (χ2v) is 5.51. The Morgan fingerprint density at radius 3 is 2.26 bits per heavy atom. The van der Waals surface area contributed by atoms with Crippen LogP contribution in [0.1, 0.15) is 48.1 Å². The van der Waals surface area contributed by atoms with E-state index in [9.17, 15) is 4.79 Å². The van der Waals surface area contributed by atoms with Crippen molar-refractivity contribution in [1.82, 2.24) is 9.80 Å². The number of hydrogen-bond donors (Lipinski definition) is 0. The SMILES string of the molecule is CCC(c1ccc(C(=O)N2CCCC2)cc1)N(C)C. The third-order valence-corrected chi connectivity index (χ3v) is 3.95. The number of carbonyl (C=O) groups is 1. The van der Waals surface area contributed by atoms with Gasteiger partial charge in [-0.2, -0.15) is 0 Å². The van der Waals surface area contributed by atoms with Gasteiger partial charge in [0.05, 0.1) is 0 Å². The van der Waals surface area contributed by atoms with Crippen LogP contribution in [0.3, 0.4) is 0 Å². The Kier molecular flexibility index (Phi) is 4.59. The topological polar surface area (TPSA) is 23.6 Å². The maximum atomic E-state index is 12.2. The highest BCUT2D eigenvalue weighted by atomic mass is 16.2. The molecule has 0 N–H and O–H groups in total. The number of amides is 1. The Labute approximate surface area is 116 Å². The van der Waals surface area contributed by atoms with Gasteiger partial charge >= 0.3 is 0 Å². The quantitative estimate of drug-likeness (QED) is 0.831. The van der Waals surface area contributed by atoms with Crippen molar-refractivity contribution in [2.45, 2.75) is 32.2 Å². The van der Waals surface area contributed by atoms with Gasteiger partial charge in [-0.25, -0.2) is 0 Å². The summed E-state index contributed by atoms with van der Waals surface area (Å²) in [6.45, 7) is 4.01. The summed E-state index contributed by atoms with van der Waals surface area (Å²) in [6, 6.07) is 8.56. The fourth-order valence-electron chi connectivity index (χ4n) is 2.85. The van der Waals surface area contributed by atoms with Gasteiger partial charge in [0.1, 0.15) is 0 Å². The van der Waals surface area contributed by atoms with Gasteiger partial charge in [0.25, 0.3) is 5.91 Å². The largest absolute Gasteiger partial charge is 0.339 e. The summed E-state index contributed by atoms with van der Waals surface area (Å²) in [5.41, 5.74) is 2.10. The number of rotatable bonds is 4. The van der Waals surface area contributed by atoms with Gasteiger partial charge in [-0.05, 0) is 51.1 Å². The molecule has 1 saturated heterocycles. The lowest BCUT2D eigenvalue weighted by Gasteiger charge is -2.23. The first-order valence-electron chi connectivity index (χ1n) is 7.19. The molecule has 1 amide bonds. The smallest absolute Gasteiger partial charge is 0.253 e. The van der Waals surface area contributed by atoms with E-state index < -0.39 is 0 Å². The van der Waals surface area contributed by atoms with Gasteiger partial charge in [0.15, 0.2) is 0 Å². The second kappa shape index (κ2) is 6.20. The van der Waals surface area contributed by atoms with Crippen LogP contribution in [0.2, 0.25) is 0 Å². The standard InChI is InChI=1S/C16H24N2O/c1-4-15(17(2)3)13-7-9-14(10-8-13)16(19)18-11-5-6-12-18/h7-10,15H,4-6,11-12H2,1-3H3. The molecule has 3 heteroatoms. The molecule has 2 rings (SSSR count). The molecule has 0 radical (unpaired) electrons. The van der Waals surface area contributed by atoms with E-state index in [-0.39, 0.29) is 5.91 Å². The lowest BCUT2D eigenvalue weighted by Crippen LogP contribution is -2.27. The fourth-order valence-corrected chi connectivity index (χ4v) is 2.85. The number of carbonyl (C=O) groups excluding carboxylic acids is 1. The molecule has 0 aromatic heterocycles. The van der Waals surface area contributed by atoms with Crippen molar-refractivity contribution in [2.75, 3.05) is 27.2 Å². The van der Waals surface area contributed by atoms with Crippen molar-refractivity contribution in [2.24, 2.45) is 0 Å². The molecule has 1 fully saturated rings. The van der Waals surface area contributed by atoms with Crippen LogP contribution in [0.25, 0.3) is 0 Å². The van der Waals surface area contributed by atoms with E-state index in [4.69, 9.17) is 0 Å². The van der Waals surface area contributed by atoms with E-state index >= 15 is 0 Å². The van der Waals surface area contributed by atoms with Crippen LogP contribution in [0.15, 0.2) is 24.3 Å². The summed E-state index contributed by atoms with van der Waals surface area (Å²) in [5.74, 6) is 0.182. The summed E-state index contributed by atoms with van der Waals surface area (Å²) in [4.78, 5) is 16.4. The predicted molar refractivity (Wildman–Crippen MR) is 78.3 cm³/mol. The van der Waals surface area contributed by atoms with Crippen molar-refractivity contribution < 1.29 is 4.79 Å². The molecular weight excluding hydrogens is 236 g/mol. The van der Waals surface area contributed by atoms with Gasteiger partial charge in [0.2, 0.25) is 0 Å². The van der Waals surface area contributed by atoms with E-state index in [0.717, 1.165) is 37.9 Å². The van der Waals surface area contributed by atoms with E-state index in [2.05, 4.69) is 38.1 Å². The van der Waals surface area contributed by atoms with Crippen LogP contribution < -0.4 is 0 Å². The fraction of sp³-hybridized carbons (Fsp3) is 0.562. The predicted octanol–water partition coefficient (Wildman–Crippen LogP) is 2.94. The molecule has 0 spiro atoms. The van der Waals surface area contributed by atoms with Gasteiger partial charge in [-0.3, -0.25) is 4.79 Å². The van der Waals surface area contributed by atoms with E-state index in [1.165, 1.54) is 5.56 Å². The van der Waals surface area contributed by atoms with Crippen LogP contribution in [-0.4, -0.2) is 42.9 Å². The van der Waals surface area contributed by atoms with Crippen molar-refractivity contribution in [3.8, 4) is 0 Å². The van der Waals surface area contributed by atoms with Crippen LogP contribution in [-0.2, 0) is 0 Å².